The van der Waals surface area contributed by atoms with Crippen LogP contribution in [0.25, 0.3) is 0 Å². The maximum atomic E-state index is 12.6. The number of carbonyl (C=O) groups excluding carboxylic acids is 1. The molecule has 2 fully saturated rings. The van der Waals surface area contributed by atoms with Crippen LogP contribution in [0, 0.1) is 12.8 Å². The van der Waals surface area contributed by atoms with E-state index in [4.69, 9.17) is 0 Å². The van der Waals surface area contributed by atoms with Crippen LogP contribution in [-0.2, 0) is 4.79 Å². The molecule has 2 aromatic rings. The van der Waals surface area contributed by atoms with E-state index in [9.17, 15) is 4.79 Å². The van der Waals surface area contributed by atoms with Gasteiger partial charge >= 0.3 is 0 Å². The average Bonchev–Trinajstić information content (AvgIpc) is 3.48. The third-order valence-electron chi connectivity index (χ3n) is 4.86. The number of amides is 1. The van der Waals surface area contributed by atoms with Crippen LogP contribution in [0.3, 0.4) is 0 Å². The molecule has 0 radical (unpaired) electrons. The molecule has 7 heteroatoms. The van der Waals surface area contributed by atoms with Crippen LogP contribution < -0.4 is 15.5 Å². The lowest BCUT2D eigenvalue weighted by molar-refractivity contribution is -0.120. The van der Waals surface area contributed by atoms with Gasteiger partial charge in [0.2, 0.25) is 5.91 Å². The Balaban J connectivity index is 1.40. The van der Waals surface area contributed by atoms with Gasteiger partial charge < -0.3 is 15.5 Å². The monoisotopic (exact) mass is 352 g/mol. The molecule has 2 aromatic heterocycles. The van der Waals surface area contributed by atoms with Gasteiger partial charge in [0, 0.05) is 31.4 Å². The second-order valence-electron chi connectivity index (χ2n) is 7.18. The molecule has 136 valence electrons. The van der Waals surface area contributed by atoms with E-state index in [1.54, 1.807) is 12.5 Å². The van der Waals surface area contributed by atoms with Gasteiger partial charge in [0.05, 0.1) is 5.92 Å². The van der Waals surface area contributed by atoms with E-state index in [-0.39, 0.29) is 11.8 Å². The molecule has 1 aliphatic heterocycles. The Labute approximate surface area is 153 Å². The molecule has 1 unspecified atom stereocenters. The second-order valence-corrected chi connectivity index (χ2v) is 7.18. The molecule has 1 aliphatic carbocycles. The number of rotatable bonds is 5. The quantitative estimate of drug-likeness (QED) is 0.861. The average molecular weight is 352 g/mol. The summed E-state index contributed by atoms with van der Waals surface area (Å²) in [6, 6.07) is 6.33. The number of nitrogens with zero attached hydrogens (tertiary/aromatic N) is 4. The second kappa shape index (κ2) is 7.27. The van der Waals surface area contributed by atoms with Crippen LogP contribution in [0.1, 0.15) is 31.2 Å². The predicted molar refractivity (Wildman–Crippen MR) is 101 cm³/mol. The number of piperidine rings is 1. The summed E-state index contributed by atoms with van der Waals surface area (Å²) in [5.41, 5.74) is 1.08. The summed E-state index contributed by atoms with van der Waals surface area (Å²) in [4.78, 5) is 27.8. The van der Waals surface area contributed by atoms with Gasteiger partial charge in [-0.15, -0.1) is 0 Å². The van der Waals surface area contributed by atoms with E-state index < -0.39 is 0 Å². The van der Waals surface area contributed by atoms with E-state index in [1.807, 2.05) is 25.1 Å². The van der Waals surface area contributed by atoms with Gasteiger partial charge in [0.1, 0.15) is 23.8 Å². The summed E-state index contributed by atoms with van der Waals surface area (Å²) < 4.78 is 0. The minimum atomic E-state index is -0.0679. The van der Waals surface area contributed by atoms with Crippen molar-refractivity contribution >= 4 is 23.4 Å². The third-order valence-corrected chi connectivity index (χ3v) is 4.86. The third kappa shape index (κ3) is 4.09. The SMILES string of the molecule is Cc1ccc(NC(=O)C2CCCN(c3cc(NC4CC4)ncn3)C2)nc1. The zero-order valence-corrected chi connectivity index (χ0v) is 15.0. The Bertz CT molecular complexity index is 774. The minimum absolute atomic E-state index is 0.0245. The fourth-order valence-corrected chi connectivity index (χ4v) is 3.20. The van der Waals surface area contributed by atoms with Gasteiger partial charge in [-0.05, 0) is 44.2 Å². The van der Waals surface area contributed by atoms with Crippen molar-refractivity contribution in [3.63, 3.8) is 0 Å². The van der Waals surface area contributed by atoms with Crippen LogP contribution in [0.2, 0.25) is 0 Å². The van der Waals surface area contributed by atoms with E-state index in [2.05, 4.69) is 30.5 Å². The van der Waals surface area contributed by atoms with Crippen molar-refractivity contribution < 1.29 is 4.79 Å². The normalized spacial score (nSPS) is 19.9. The summed E-state index contributed by atoms with van der Waals surface area (Å²) in [5, 5.41) is 6.34. The standard InChI is InChI=1S/C19H24N6O/c1-13-4-7-16(20-10-13)24-19(26)14-3-2-8-25(11-14)18-9-17(21-12-22-18)23-15-5-6-15/h4,7,9-10,12,14-15H,2-3,5-6,8,11H2,1H3,(H,20,24,26)(H,21,22,23). The molecule has 3 heterocycles. The molecule has 2 aliphatic rings. The Morgan fingerprint density at radius 2 is 2.04 bits per heavy atom. The minimum Gasteiger partial charge on any atom is -0.367 e. The zero-order valence-electron chi connectivity index (χ0n) is 15.0. The first-order valence-corrected chi connectivity index (χ1v) is 9.24. The van der Waals surface area contributed by atoms with E-state index in [0.29, 0.717) is 18.4 Å². The summed E-state index contributed by atoms with van der Waals surface area (Å²) in [6.07, 6.45) is 7.62. The van der Waals surface area contributed by atoms with Gasteiger partial charge in [0.15, 0.2) is 0 Å². The van der Waals surface area contributed by atoms with Gasteiger partial charge in [0.25, 0.3) is 0 Å². The lowest BCUT2D eigenvalue weighted by atomic mass is 9.97. The number of hydrogen-bond donors (Lipinski definition) is 2. The molecule has 1 saturated heterocycles. The number of aromatic nitrogens is 3. The molecule has 0 spiro atoms. The number of anilines is 3. The molecule has 0 bridgehead atoms. The lowest BCUT2D eigenvalue weighted by Gasteiger charge is -2.32. The van der Waals surface area contributed by atoms with Crippen molar-refractivity contribution in [2.24, 2.45) is 5.92 Å². The highest BCUT2D eigenvalue weighted by molar-refractivity contribution is 5.92. The number of carbonyl (C=O) groups is 1. The van der Waals surface area contributed by atoms with Crippen molar-refractivity contribution in [2.75, 3.05) is 28.6 Å². The van der Waals surface area contributed by atoms with Crippen molar-refractivity contribution in [1.29, 1.82) is 0 Å². The molecule has 4 rings (SSSR count). The highest BCUT2D eigenvalue weighted by Gasteiger charge is 2.27. The molecular weight excluding hydrogens is 328 g/mol. The van der Waals surface area contributed by atoms with Crippen LogP contribution >= 0.6 is 0 Å². The predicted octanol–water partition coefficient (Wildman–Crippen LogP) is 2.61. The van der Waals surface area contributed by atoms with Crippen molar-refractivity contribution in [2.45, 2.75) is 38.6 Å². The van der Waals surface area contributed by atoms with Crippen LogP contribution in [-0.4, -0.2) is 40.0 Å². The van der Waals surface area contributed by atoms with E-state index >= 15 is 0 Å². The van der Waals surface area contributed by atoms with Crippen molar-refractivity contribution in [1.82, 2.24) is 15.0 Å². The number of hydrogen-bond acceptors (Lipinski definition) is 6. The number of pyridine rings is 1. The molecule has 26 heavy (non-hydrogen) atoms. The summed E-state index contributed by atoms with van der Waals surface area (Å²) in [5.74, 6) is 2.32. The Hall–Kier alpha value is -2.70. The van der Waals surface area contributed by atoms with Gasteiger partial charge in [-0.1, -0.05) is 6.07 Å². The number of nitrogens with one attached hydrogen (secondary N) is 2. The first kappa shape index (κ1) is 16.8. The first-order chi connectivity index (χ1) is 12.7. The molecule has 7 nitrogen and oxygen atoms in total. The summed E-state index contributed by atoms with van der Waals surface area (Å²) in [6.45, 7) is 3.55. The summed E-state index contributed by atoms with van der Waals surface area (Å²) >= 11 is 0. The van der Waals surface area contributed by atoms with Crippen LogP contribution in [0.5, 0.6) is 0 Å². The fraction of sp³-hybridized carbons (Fsp3) is 0.474. The van der Waals surface area contributed by atoms with Crippen molar-refractivity contribution in [3.05, 3.63) is 36.3 Å². The molecule has 2 N–H and O–H groups in total. The van der Waals surface area contributed by atoms with Crippen LogP contribution in [0.15, 0.2) is 30.7 Å². The van der Waals surface area contributed by atoms with E-state index in [1.165, 1.54) is 12.8 Å². The highest BCUT2D eigenvalue weighted by atomic mass is 16.2. The Morgan fingerprint density at radius 1 is 1.15 bits per heavy atom. The lowest BCUT2D eigenvalue weighted by Crippen LogP contribution is -2.41. The Morgan fingerprint density at radius 3 is 2.81 bits per heavy atom. The first-order valence-electron chi connectivity index (χ1n) is 9.24. The maximum absolute atomic E-state index is 12.6. The molecular formula is C19H24N6O. The highest BCUT2D eigenvalue weighted by Crippen LogP contribution is 2.27. The maximum Gasteiger partial charge on any atom is 0.230 e. The van der Waals surface area contributed by atoms with Gasteiger partial charge in [-0.25, -0.2) is 15.0 Å². The van der Waals surface area contributed by atoms with Gasteiger partial charge in [-0.2, -0.15) is 0 Å². The number of aryl methyl sites for hydroxylation is 1. The zero-order chi connectivity index (χ0) is 17.9. The largest absolute Gasteiger partial charge is 0.367 e. The topological polar surface area (TPSA) is 83.0 Å². The van der Waals surface area contributed by atoms with Gasteiger partial charge in [-0.3, -0.25) is 4.79 Å². The smallest absolute Gasteiger partial charge is 0.230 e. The molecule has 1 amide bonds. The summed E-state index contributed by atoms with van der Waals surface area (Å²) in [7, 11) is 0. The molecule has 1 saturated carbocycles. The van der Waals surface area contributed by atoms with Crippen LogP contribution in [0.4, 0.5) is 17.5 Å². The van der Waals surface area contributed by atoms with Crippen molar-refractivity contribution in [3.8, 4) is 0 Å². The molecule has 1 atom stereocenters. The fourth-order valence-electron chi connectivity index (χ4n) is 3.20. The van der Waals surface area contributed by atoms with E-state index in [0.717, 1.165) is 36.6 Å². The molecule has 0 aromatic carbocycles. The Kier molecular flexibility index (Phi) is 4.69.